The van der Waals surface area contributed by atoms with Gasteiger partial charge in [0.15, 0.2) is 0 Å². The monoisotopic (exact) mass is 335 g/mol. The summed E-state index contributed by atoms with van der Waals surface area (Å²) in [6.45, 7) is 1.81. The first-order chi connectivity index (χ1) is 9.81. The maximum atomic E-state index is 5.93. The molecule has 20 heavy (non-hydrogen) atoms. The Labute approximate surface area is 126 Å². The molecule has 0 saturated heterocycles. The first-order valence-corrected chi connectivity index (χ1v) is 8.25. The lowest BCUT2D eigenvalue weighted by Gasteiger charge is -2.25. The van der Waals surface area contributed by atoms with E-state index in [0.29, 0.717) is 0 Å². The number of hydrogen-bond donors (Lipinski definition) is 0. The summed E-state index contributed by atoms with van der Waals surface area (Å²) in [7, 11) is 0. The van der Waals surface area contributed by atoms with Crippen molar-refractivity contribution in [3.63, 3.8) is 0 Å². The summed E-state index contributed by atoms with van der Waals surface area (Å²) < 4.78 is 8.89. The number of ether oxygens (including phenoxy) is 1. The maximum Gasteiger partial charge on any atom is 0.135 e. The molecule has 0 spiro atoms. The van der Waals surface area contributed by atoms with E-state index >= 15 is 0 Å². The van der Waals surface area contributed by atoms with Crippen molar-refractivity contribution in [2.75, 3.05) is 6.61 Å². The molecule has 0 aliphatic heterocycles. The van der Waals surface area contributed by atoms with Gasteiger partial charge in [-0.1, -0.05) is 11.6 Å². The van der Waals surface area contributed by atoms with Crippen molar-refractivity contribution in [3.05, 3.63) is 16.6 Å². The fraction of sp³-hybridized carbons (Fsp3) is 0.600. The number of halogens is 1. The number of nitrogens with zero attached hydrogens (tertiary/aromatic N) is 3. The molecular weight excluding hydrogens is 318 g/mol. The zero-order valence-corrected chi connectivity index (χ0v) is 13.0. The SMILES string of the molecule is Brc1c(OCC2CCC2)ccc2c1nnn2CC1CC1. The second-order valence-corrected chi connectivity index (χ2v) is 6.86. The Morgan fingerprint density at radius 3 is 2.75 bits per heavy atom. The van der Waals surface area contributed by atoms with Crippen molar-refractivity contribution >= 4 is 27.0 Å². The van der Waals surface area contributed by atoms with Gasteiger partial charge in [-0.25, -0.2) is 4.68 Å². The fourth-order valence-corrected chi connectivity index (χ4v) is 3.17. The molecule has 0 bridgehead atoms. The molecule has 2 aliphatic rings. The number of fused-ring (bicyclic) bond motifs is 1. The molecule has 0 atom stereocenters. The summed E-state index contributed by atoms with van der Waals surface area (Å²) in [5.41, 5.74) is 2.01. The van der Waals surface area contributed by atoms with E-state index in [0.717, 1.165) is 46.2 Å². The van der Waals surface area contributed by atoms with Gasteiger partial charge in [-0.05, 0) is 65.6 Å². The zero-order valence-electron chi connectivity index (χ0n) is 11.4. The molecule has 2 aliphatic carbocycles. The minimum Gasteiger partial charge on any atom is -0.492 e. The molecule has 0 unspecified atom stereocenters. The fourth-order valence-electron chi connectivity index (χ4n) is 2.64. The Bertz CT molecular complexity index is 631. The molecule has 0 amide bonds. The maximum absolute atomic E-state index is 5.93. The van der Waals surface area contributed by atoms with Gasteiger partial charge in [-0.15, -0.1) is 5.10 Å². The van der Waals surface area contributed by atoms with Gasteiger partial charge in [-0.3, -0.25) is 0 Å². The van der Waals surface area contributed by atoms with Crippen LogP contribution < -0.4 is 4.74 Å². The number of aromatic nitrogens is 3. The Kier molecular flexibility index (Phi) is 3.17. The molecule has 0 N–H and O–H groups in total. The highest BCUT2D eigenvalue weighted by Crippen LogP contribution is 2.35. The summed E-state index contributed by atoms with van der Waals surface area (Å²) in [5.74, 6) is 2.43. The zero-order chi connectivity index (χ0) is 13.5. The smallest absolute Gasteiger partial charge is 0.135 e. The lowest BCUT2D eigenvalue weighted by atomic mass is 9.86. The van der Waals surface area contributed by atoms with E-state index in [1.165, 1.54) is 32.1 Å². The summed E-state index contributed by atoms with van der Waals surface area (Å²) in [4.78, 5) is 0. The Balaban J connectivity index is 1.57. The van der Waals surface area contributed by atoms with Crippen molar-refractivity contribution in [1.29, 1.82) is 0 Å². The van der Waals surface area contributed by atoms with E-state index in [2.05, 4.69) is 32.3 Å². The van der Waals surface area contributed by atoms with Gasteiger partial charge >= 0.3 is 0 Å². The Morgan fingerprint density at radius 2 is 2.05 bits per heavy atom. The quantitative estimate of drug-likeness (QED) is 0.834. The predicted octanol–water partition coefficient (Wildman–Crippen LogP) is 3.78. The highest BCUT2D eigenvalue weighted by molar-refractivity contribution is 9.10. The van der Waals surface area contributed by atoms with Gasteiger partial charge in [-0.2, -0.15) is 0 Å². The third-order valence-electron chi connectivity index (χ3n) is 4.42. The van der Waals surface area contributed by atoms with E-state index in [1.807, 2.05) is 10.7 Å². The van der Waals surface area contributed by atoms with Crippen LogP contribution >= 0.6 is 15.9 Å². The van der Waals surface area contributed by atoms with Crippen molar-refractivity contribution in [2.24, 2.45) is 11.8 Å². The highest BCUT2D eigenvalue weighted by atomic mass is 79.9. The van der Waals surface area contributed by atoms with E-state index < -0.39 is 0 Å². The molecule has 2 saturated carbocycles. The summed E-state index contributed by atoms with van der Waals surface area (Å²) in [5, 5.41) is 8.59. The van der Waals surface area contributed by atoms with Crippen LogP contribution in [0.15, 0.2) is 16.6 Å². The van der Waals surface area contributed by atoms with Crippen LogP contribution in [0.1, 0.15) is 32.1 Å². The van der Waals surface area contributed by atoms with Gasteiger partial charge in [0.25, 0.3) is 0 Å². The molecule has 1 aromatic carbocycles. The molecule has 1 aromatic heterocycles. The van der Waals surface area contributed by atoms with Crippen LogP contribution in [0.25, 0.3) is 11.0 Å². The normalized spacial score (nSPS) is 19.2. The molecule has 4 nitrogen and oxygen atoms in total. The van der Waals surface area contributed by atoms with Crippen LogP contribution in [0.4, 0.5) is 0 Å². The van der Waals surface area contributed by atoms with Gasteiger partial charge < -0.3 is 4.74 Å². The molecule has 2 fully saturated rings. The first kappa shape index (κ1) is 12.6. The molecule has 5 heteroatoms. The molecule has 1 heterocycles. The third-order valence-corrected chi connectivity index (χ3v) is 5.18. The van der Waals surface area contributed by atoms with Crippen LogP contribution in [0.3, 0.4) is 0 Å². The topological polar surface area (TPSA) is 39.9 Å². The molecule has 2 aromatic rings. The van der Waals surface area contributed by atoms with Crippen LogP contribution in [-0.2, 0) is 6.54 Å². The average Bonchev–Trinajstić information content (AvgIpc) is 3.10. The first-order valence-electron chi connectivity index (χ1n) is 7.46. The van der Waals surface area contributed by atoms with E-state index in [1.54, 1.807) is 0 Å². The summed E-state index contributed by atoms with van der Waals surface area (Å²) in [6.07, 6.45) is 6.61. The highest BCUT2D eigenvalue weighted by Gasteiger charge is 2.24. The van der Waals surface area contributed by atoms with Gasteiger partial charge in [0.05, 0.1) is 16.6 Å². The number of rotatable bonds is 5. The van der Waals surface area contributed by atoms with Crippen LogP contribution in [0.2, 0.25) is 0 Å². The molecule has 0 radical (unpaired) electrons. The van der Waals surface area contributed by atoms with Crippen molar-refractivity contribution in [3.8, 4) is 5.75 Å². The van der Waals surface area contributed by atoms with Crippen molar-refractivity contribution < 1.29 is 4.74 Å². The molecule has 106 valence electrons. The molecule has 4 rings (SSSR count). The van der Waals surface area contributed by atoms with Gasteiger partial charge in [0.1, 0.15) is 11.3 Å². The second kappa shape index (κ2) is 5.02. The average molecular weight is 336 g/mol. The number of benzene rings is 1. The standard InChI is InChI=1S/C15H18BrN3O/c16-14-13(20-9-11-2-1-3-11)7-6-12-15(14)17-18-19(12)8-10-4-5-10/h6-7,10-11H,1-5,8-9H2. The van der Waals surface area contributed by atoms with Crippen molar-refractivity contribution in [1.82, 2.24) is 15.0 Å². The van der Waals surface area contributed by atoms with E-state index in [-0.39, 0.29) is 0 Å². The minimum atomic E-state index is 0.739. The third kappa shape index (κ3) is 2.32. The largest absolute Gasteiger partial charge is 0.492 e. The lowest BCUT2D eigenvalue weighted by Crippen LogP contribution is -2.19. The minimum absolute atomic E-state index is 0.739. The second-order valence-electron chi connectivity index (χ2n) is 6.07. The van der Waals surface area contributed by atoms with Crippen molar-refractivity contribution in [2.45, 2.75) is 38.6 Å². The van der Waals surface area contributed by atoms with E-state index in [4.69, 9.17) is 4.74 Å². The van der Waals surface area contributed by atoms with Gasteiger partial charge in [0.2, 0.25) is 0 Å². The summed E-state index contributed by atoms with van der Waals surface area (Å²) >= 11 is 3.63. The Morgan fingerprint density at radius 1 is 1.20 bits per heavy atom. The van der Waals surface area contributed by atoms with Crippen LogP contribution in [-0.4, -0.2) is 21.6 Å². The Hall–Kier alpha value is -1.10. The summed E-state index contributed by atoms with van der Waals surface area (Å²) in [6, 6.07) is 4.12. The number of hydrogen-bond acceptors (Lipinski definition) is 3. The van der Waals surface area contributed by atoms with Crippen LogP contribution in [0.5, 0.6) is 5.75 Å². The molecular formula is C15H18BrN3O. The van der Waals surface area contributed by atoms with Gasteiger partial charge in [0, 0.05) is 6.54 Å². The predicted molar refractivity (Wildman–Crippen MR) is 80.8 cm³/mol. The van der Waals surface area contributed by atoms with Crippen LogP contribution in [0, 0.1) is 11.8 Å². The van der Waals surface area contributed by atoms with E-state index in [9.17, 15) is 0 Å². The lowest BCUT2D eigenvalue weighted by molar-refractivity contribution is 0.180.